The van der Waals surface area contributed by atoms with Crippen molar-refractivity contribution >= 4 is 33.7 Å². The summed E-state index contributed by atoms with van der Waals surface area (Å²) >= 11 is 0. The molecule has 0 radical (unpaired) electrons. The summed E-state index contributed by atoms with van der Waals surface area (Å²) in [6, 6.07) is 9.62. The Bertz CT molecular complexity index is 1690. The first-order valence-electron chi connectivity index (χ1n) is 11.0. The maximum Gasteiger partial charge on any atom is 0.224 e. The van der Waals surface area contributed by atoms with E-state index < -0.39 is 0 Å². The van der Waals surface area contributed by atoms with E-state index in [1.165, 1.54) is 0 Å². The largest absolute Gasteiger partial charge is 0.335 e. The van der Waals surface area contributed by atoms with Gasteiger partial charge in [-0.15, -0.1) is 0 Å². The van der Waals surface area contributed by atoms with Crippen LogP contribution in [0.4, 0.5) is 5.69 Å². The average Bonchev–Trinajstić information content (AvgIpc) is 3.53. The molecule has 3 N–H and O–H groups in total. The molecule has 0 unspecified atom stereocenters. The molecule has 170 valence electrons. The van der Waals surface area contributed by atoms with Crippen molar-refractivity contribution in [2.75, 3.05) is 5.32 Å². The number of amides is 1. The number of hydrogen-bond acceptors (Lipinski definition) is 7. The fraction of sp³-hybridized carbons (Fsp3) is 0.0800. The molecule has 0 spiro atoms. The van der Waals surface area contributed by atoms with Crippen LogP contribution < -0.4 is 5.32 Å². The van der Waals surface area contributed by atoms with Crippen molar-refractivity contribution in [2.45, 2.75) is 13.3 Å². The molecule has 6 rings (SSSR count). The van der Waals surface area contributed by atoms with Gasteiger partial charge in [0.05, 0.1) is 34.8 Å². The topological polar surface area (TPSA) is 138 Å². The first kappa shape index (κ1) is 20.6. The number of aromatic amines is 2. The summed E-state index contributed by atoms with van der Waals surface area (Å²) in [5.41, 5.74) is 6.95. The number of pyridine rings is 4. The van der Waals surface area contributed by atoms with Gasteiger partial charge in [0.15, 0.2) is 11.5 Å². The van der Waals surface area contributed by atoms with E-state index in [2.05, 4.69) is 40.4 Å². The highest BCUT2D eigenvalue weighted by Gasteiger charge is 2.17. The van der Waals surface area contributed by atoms with Gasteiger partial charge in [-0.2, -0.15) is 5.10 Å². The number of nitrogens with one attached hydrogen (secondary N) is 3. The van der Waals surface area contributed by atoms with Crippen LogP contribution in [-0.2, 0) is 4.79 Å². The third-order valence-electron chi connectivity index (χ3n) is 5.69. The molecule has 10 nitrogen and oxygen atoms in total. The lowest BCUT2D eigenvalue weighted by atomic mass is 10.1. The molecule has 0 aliphatic heterocycles. The smallest absolute Gasteiger partial charge is 0.224 e. The van der Waals surface area contributed by atoms with Crippen LogP contribution >= 0.6 is 0 Å². The molecule has 35 heavy (non-hydrogen) atoms. The van der Waals surface area contributed by atoms with Crippen molar-refractivity contribution < 1.29 is 4.79 Å². The molecule has 0 aliphatic carbocycles. The van der Waals surface area contributed by atoms with Gasteiger partial charge in [0.1, 0.15) is 5.69 Å². The molecular formula is C25H19N9O. The van der Waals surface area contributed by atoms with Gasteiger partial charge in [-0.25, -0.2) is 9.97 Å². The van der Waals surface area contributed by atoms with E-state index in [1.807, 2.05) is 30.3 Å². The Kier molecular flexibility index (Phi) is 4.95. The first-order valence-corrected chi connectivity index (χ1v) is 11.0. The number of rotatable bonds is 5. The van der Waals surface area contributed by atoms with E-state index >= 15 is 0 Å². The Balaban J connectivity index is 1.43. The van der Waals surface area contributed by atoms with Gasteiger partial charge in [-0.1, -0.05) is 6.92 Å². The highest BCUT2D eigenvalue weighted by atomic mass is 16.1. The zero-order valence-electron chi connectivity index (χ0n) is 18.6. The number of imidazole rings is 1. The van der Waals surface area contributed by atoms with E-state index in [4.69, 9.17) is 4.98 Å². The lowest BCUT2D eigenvalue weighted by molar-refractivity contribution is -0.115. The maximum atomic E-state index is 11.8. The molecule has 0 aromatic carbocycles. The lowest BCUT2D eigenvalue weighted by Crippen LogP contribution is -2.09. The van der Waals surface area contributed by atoms with Gasteiger partial charge < -0.3 is 10.3 Å². The summed E-state index contributed by atoms with van der Waals surface area (Å²) in [4.78, 5) is 37.2. The number of anilines is 1. The molecule has 6 aromatic heterocycles. The molecule has 10 heteroatoms. The van der Waals surface area contributed by atoms with Gasteiger partial charge in [-0.05, 0) is 35.9 Å². The lowest BCUT2D eigenvalue weighted by Gasteiger charge is -2.06. The van der Waals surface area contributed by atoms with E-state index in [-0.39, 0.29) is 5.91 Å². The van der Waals surface area contributed by atoms with E-state index in [1.54, 1.807) is 44.1 Å². The van der Waals surface area contributed by atoms with E-state index in [9.17, 15) is 4.79 Å². The molecular weight excluding hydrogens is 442 g/mol. The average molecular weight is 461 g/mol. The predicted molar refractivity (Wildman–Crippen MR) is 132 cm³/mol. The van der Waals surface area contributed by atoms with E-state index in [0.717, 1.165) is 33.1 Å². The summed E-state index contributed by atoms with van der Waals surface area (Å²) < 4.78 is 0. The maximum absolute atomic E-state index is 11.8. The predicted octanol–water partition coefficient (Wildman–Crippen LogP) is 4.37. The van der Waals surface area contributed by atoms with E-state index in [0.29, 0.717) is 35.0 Å². The second-order valence-corrected chi connectivity index (χ2v) is 7.93. The van der Waals surface area contributed by atoms with Crippen molar-refractivity contribution in [1.82, 2.24) is 40.1 Å². The third-order valence-corrected chi connectivity index (χ3v) is 5.69. The monoisotopic (exact) mass is 461 g/mol. The number of hydrogen-bond donors (Lipinski definition) is 3. The summed E-state index contributed by atoms with van der Waals surface area (Å²) in [5.74, 6) is 0.522. The van der Waals surface area contributed by atoms with Crippen molar-refractivity contribution in [1.29, 1.82) is 0 Å². The molecule has 6 heterocycles. The molecule has 0 atom stereocenters. The number of fused-ring (bicyclic) bond motifs is 2. The molecule has 0 saturated heterocycles. The Morgan fingerprint density at radius 2 is 1.86 bits per heavy atom. The zero-order chi connectivity index (χ0) is 23.8. The molecule has 6 aromatic rings. The minimum Gasteiger partial charge on any atom is -0.335 e. The van der Waals surface area contributed by atoms with Crippen molar-refractivity contribution in [3.8, 4) is 33.9 Å². The van der Waals surface area contributed by atoms with Crippen LogP contribution in [0.2, 0.25) is 0 Å². The highest BCUT2D eigenvalue weighted by molar-refractivity contribution is 5.97. The van der Waals surface area contributed by atoms with Crippen LogP contribution in [0.3, 0.4) is 0 Å². The van der Waals surface area contributed by atoms with Crippen LogP contribution in [0.5, 0.6) is 0 Å². The highest BCUT2D eigenvalue weighted by Crippen LogP contribution is 2.31. The fourth-order valence-electron chi connectivity index (χ4n) is 3.95. The number of carbonyl (C=O) groups excluding carboxylic acids is 1. The van der Waals surface area contributed by atoms with Crippen LogP contribution in [0.25, 0.3) is 56.0 Å². The molecule has 1 amide bonds. The summed E-state index contributed by atoms with van der Waals surface area (Å²) in [6.07, 6.45) is 10.7. The van der Waals surface area contributed by atoms with Crippen LogP contribution in [0.15, 0.2) is 67.5 Å². The molecule has 0 bridgehead atoms. The second-order valence-electron chi connectivity index (χ2n) is 7.93. The SMILES string of the molecule is CCC(=O)Nc1cncc(-c2cc3c(-c4nc5nccc(-c6ccncc6)c5[nH]4)n[nH]c3cn2)c1. The summed E-state index contributed by atoms with van der Waals surface area (Å²) in [5, 5.41) is 11.2. The summed E-state index contributed by atoms with van der Waals surface area (Å²) in [7, 11) is 0. The van der Waals surface area contributed by atoms with Gasteiger partial charge in [0, 0.05) is 47.7 Å². The standard InChI is InChI=1S/C25H19N9O/c1-2-21(35)30-16-9-15(11-27-12-16)19-10-18-20(13-29-19)33-34-23(18)25-31-22-17(5-8-28-24(22)32-25)14-3-6-26-7-4-14/h3-13H,2H2,1H3,(H,30,35)(H,33,34)(H,28,31,32). The first-order chi connectivity index (χ1) is 17.2. The third kappa shape index (κ3) is 3.76. The van der Waals surface area contributed by atoms with Gasteiger partial charge >= 0.3 is 0 Å². The Labute approximate surface area is 198 Å². The van der Waals surface area contributed by atoms with Crippen molar-refractivity contribution in [3.63, 3.8) is 0 Å². The van der Waals surface area contributed by atoms with Gasteiger partial charge in [0.25, 0.3) is 0 Å². The van der Waals surface area contributed by atoms with Gasteiger partial charge in [-0.3, -0.25) is 24.8 Å². The quantitative estimate of drug-likeness (QED) is 0.346. The molecule has 0 aliphatic rings. The number of H-pyrrole nitrogens is 2. The normalized spacial score (nSPS) is 11.2. The van der Waals surface area contributed by atoms with Crippen LogP contribution in [0.1, 0.15) is 13.3 Å². The van der Waals surface area contributed by atoms with Crippen LogP contribution in [-0.4, -0.2) is 46.0 Å². The Morgan fingerprint density at radius 3 is 2.71 bits per heavy atom. The Hall–Kier alpha value is -4.99. The minimum absolute atomic E-state index is 0.0749. The van der Waals surface area contributed by atoms with Crippen molar-refractivity contribution in [3.05, 3.63) is 67.5 Å². The Morgan fingerprint density at radius 1 is 0.971 bits per heavy atom. The molecule has 0 saturated carbocycles. The number of nitrogens with zero attached hydrogens (tertiary/aromatic N) is 6. The van der Waals surface area contributed by atoms with Crippen LogP contribution in [0, 0.1) is 0 Å². The molecule has 0 fully saturated rings. The second kappa shape index (κ2) is 8.41. The van der Waals surface area contributed by atoms with Crippen molar-refractivity contribution in [2.24, 2.45) is 0 Å². The van der Waals surface area contributed by atoms with Gasteiger partial charge in [0.2, 0.25) is 5.91 Å². The zero-order valence-corrected chi connectivity index (χ0v) is 18.6. The number of aromatic nitrogens is 8. The fourth-order valence-corrected chi connectivity index (χ4v) is 3.95. The summed E-state index contributed by atoms with van der Waals surface area (Å²) in [6.45, 7) is 1.80. The number of carbonyl (C=O) groups is 1. The minimum atomic E-state index is -0.0749.